The van der Waals surface area contributed by atoms with Gasteiger partial charge in [0, 0.05) is 43.9 Å². The summed E-state index contributed by atoms with van der Waals surface area (Å²) in [6.45, 7) is 15.6. The number of alkyl halides is 1. The van der Waals surface area contributed by atoms with Crippen LogP contribution in [0.25, 0.3) is 0 Å². The van der Waals surface area contributed by atoms with E-state index < -0.39 is 6.17 Å². The zero-order valence-electron chi connectivity index (χ0n) is 14.5. The van der Waals surface area contributed by atoms with Crippen LogP contribution in [-0.4, -0.2) is 65.9 Å². The van der Waals surface area contributed by atoms with Crippen molar-refractivity contribution < 1.29 is 9.13 Å². The van der Waals surface area contributed by atoms with Crippen LogP contribution in [0.1, 0.15) is 53.9 Å². The molecule has 0 amide bonds. The third kappa shape index (κ3) is 4.64. The largest absolute Gasteiger partial charge is 0.377 e. The van der Waals surface area contributed by atoms with Crippen molar-refractivity contribution in [3.63, 3.8) is 0 Å². The van der Waals surface area contributed by atoms with Crippen molar-refractivity contribution in [1.29, 1.82) is 0 Å². The van der Waals surface area contributed by atoms with E-state index in [4.69, 9.17) is 4.74 Å². The van der Waals surface area contributed by atoms with Gasteiger partial charge in [-0.1, -0.05) is 0 Å². The van der Waals surface area contributed by atoms with E-state index in [0.29, 0.717) is 19.1 Å². The number of halogens is 1. The molecular formula is C17H33FN2O. The van der Waals surface area contributed by atoms with E-state index in [1.807, 2.05) is 0 Å². The molecule has 2 unspecified atom stereocenters. The van der Waals surface area contributed by atoms with E-state index in [1.54, 1.807) is 0 Å². The first-order chi connectivity index (χ1) is 9.68. The lowest BCUT2D eigenvalue weighted by Crippen LogP contribution is -2.44. The topological polar surface area (TPSA) is 15.7 Å². The summed E-state index contributed by atoms with van der Waals surface area (Å²) in [6.07, 6.45) is 2.53. The van der Waals surface area contributed by atoms with E-state index in [-0.39, 0.29) is 11.1 Å². The van der Waals surface area contributed by atoms with Crippen LogP contribution < -0.4 is 0 Å². The minimum absolute atomic E-state index is 0.0448. The zero-order valence-corrected chi connectivity index (χ0v) is 14.5. The van der Waals surface area contributed by atoms with Gasteiger partial charge in [0.05, 0.1) is 6.10 Å². The molecule has 2 saturated heterocycles. The van der Waals surface area contributed by atoms with Gasteiger partial charge < -0.3 is 4.74 Å². The maximum absolute atomic E-state index is 13.3. The number of hydrogen-bond acceptors (Lipinski definition) is 3. The summed E-state index contributed by atoms with van der Waals surface area (Å²) in [4.78, 5) is 4.77. The van der Waals surface area contributed by atoms with Crippen molar-refractivity contribution in [1.82, 2.24) is 9.80 Å². The quantitative estimate of drug-likeness (QED) is 0.776. The van der Waals surface area contributed by atoms with Gasteiger partial charge in [-0.15, -0.1) is 0 Å². The van der Waals surface area contributed by atoms with Crippen LogP contribution in [0.3, 0.4) is 0 Å². The molecule has 0 saturated carbocycles. The predicted molar refractivity (Wildman–Crippen MR) is 85.5 cm³/mol. The number of nitrogens with zero attached hydrogens (tertiary/aromatic N) is 2. The normalized spacial score (nSPS) is 29.4. The highest BCUT2D eigenvalue weighted by atomic mass is 19.1. The van der Waals surface area contributed by atoms with Crippen molar-refractivity contribution in [3.05, 3.63) is 0 Å². The van der Waals surface area contributed by atoms with Gasteiger partial charge in [-0.25, -0.2) is 4.39 Å². The smallest absolute Gasteiger partial charge is 0.114 e. The Hall–Kier alpha value is -0.190. The Kier molecular flexibility index (Phi) is 5.32. The fourth-order valence-electron chi connectivity index (χ4n) is 3.37. The summed E-state index contributed by atoms with van der Waals surface area (Å²) >= 11 is 0. The molecule has 2 fully saturated rings. The lowest BCUT2D eigenvalue weighted by molar-refractivity contribution is 0.0207. The van der Waals surface area contributed by atoms with Crippen LogP contribution in [0, 0.1) is 0 Å². The van der Waals surface area contributed by atoms with Crippen molar-refractivity contribution in [2.45, 2.75) is 77.2 Å². The maximum atomic E-state index is 13.3. The highest BCUT2D eigenvalue weighted by Crippen LogP contribution is 2.27. The maximum Gasteiger partial charge on any atom is 0.114 e. The monoisotopic (exact) mass is 300 g/mol. The first kappa shape index (κ1) is 17.2. The van der Waals surface area contributed by atoms with Crippen LogP contribution in [-0.2, 0) is 4.74 Å². The number of likely N-dealkylation sites (tertiary alicyclic amines) is 2. The molecule has 0 aromatic rings. The van der Waals surface area contributed by atoms with Crippen molar-refractivity contribution in [2.75, 3.05) is 32.8 Å². The van der Waals surface area contributed by atoms with Crippen LogP contribution in [0.2, 0.25) is 0 Å². The molecule has 2 atom stereocenters. The number of rotatable bonds is 5. The summed E-state index contributed by atoms with van der Waals surface area (Å²) in [7, 11) is 0. The van der Waals surface area contributed by atoms with Crippen LogP contribution in [0.15, 0.2) is 0 Å². The zero-order chi connectivity index (χ0) is 15.7. The Morgan fingerprint density at radius 1 is 1.00 bits per heavy atom. The Bertz CT molecular complexity index is 340. The summed E-state index contributed by atoms with van der Waals surface area (Å²) in [6, 6.07) is 0. The fraction of sp³-hybridized carbons (Fsp3) is 1.00. The van der Waals surface area contributed by atoms with Gasteiger partial charge in [-0.05, 0) is 53.9 Å². The summed E-state index contributed by atoms with van der Waals surface area (Å²) in [5.41, 5.74) is 0.284. The van der Waals surface area contributed by atoms with Crippen molar-refractivity contribution in [3.8, 4) is 0 Å². The molecule has 0 aromatic carbocycles. The second-order valence-electron chi connectivity index (χ2n) is 8.29. The van der Waals surface area contributed by atoms with Gasteiger partial charge in [0.15, 0.2) is 0 Å². The Morgan fingerprint density at radius 2 is 1.67 bits per heavy atom. The summed E-state index contributed by atoms with van der Waals surface area (Å²) in [5, 5.41) is 0. The molecule has 2 rings (SSSR count). The van der Waals surface area contributed by atoms with E-state index >= 15 is 0 Å². The van der Waals surface area contributed by atoms with Gasteiger partial charge in [0.2, 0.25) is 0 Å². The molecule has 2 aliphatic rings. The Balaban J connectivity index is 1.70. The molecular weight excluding hydrogens is 267 g/mol. The van der Waals surface area contributed by atoms with Gasteiger partial charge in [-0.2, -0.15) is 0 Å². The second kappa shape index (κ2) is 6.51. The van der Waals surface area contributed by atoms with Crippen LogP contribution in [0.5, 0.6) is 0 Å². The first-order valence-electron chi connectivity index (χ1n) is 8.44. The Morgan fingerprint density at radius 3 is 2.19 bits per heavy atom. The molecule has 0 aliphatic carbocycles. The average Bonchev–Trinajstić information content (AvgIpc) is 2.97. The van der Waals surface area contributed by atoms with Gasteiger partial charge in [0.25, 0.3) is 0 Å². The minimum atomic E-state index is -0.639. The fourth-order valence-corrected chi connectivity index (χ4v) is 3.37. The molecule has 0 aromatic heterocycles. The highest BCUT2D eigenvalue weighted by Gasteiger charge is 2.34. The molecule has 124 valence electrons. The van der Waals surface area contributed by atoms with E-state index in [2.05, 4.69) is 44.4 Å². The SMILES string of the molecule is CC(C)(C)N1CCC(OCCC(C)(C)N2CCC(F)C2)C1. The van der Waals surface area contributed by atoms with Crippen LogP contribution in [0.4, 0.5) is 4.39 Å². The Labute approximate surface area is 129 Å². The number of hydrogen-bond donors (Lipinski definition) is 0. The second-order valence-corrected chi connectivity index (χ2v) is 8.29. The lowest BCUT2D eigenvalue weighted by atomic mass is 9.99. The highest BCUT2D eigenvalue weighted by molar-refractivity contribution is 4.89. The third-order valence-corrected chi connectivity index (χ3v) is 5.15. The van der Waals surface area contributed by atoms with Gasteiger partial charge in [-0.3, -0.25) is 9.80 Å². The van der Waals surface area contributed by atoms with Crippen molar-refractivity contribution >= 4 is 0 Å². The lowest BCUT2D eigenvalue weighted by Gasteiger charge is -2.35. The molecule has 2 aliphatic heterocycles. The first-order valence-corrected chi connectivity index (χ1v) is 8.44. The molecule has 21 heavy (non-hydrogen) atoms. The average molecular weight is 300 g/mol. The molecule has 4 heteroatoms. The summed E-state index contributed by atoms with van der Waals surface area (Å²) < 4.78 is 19.4. The molecule has 0 N–H and O–H groups in total. The molecule has 3 nitrogen and oxygen atoms in total. The van der Waals surface area contributed by atoms with E-state index in [1.165, 1.54) is 0 Å². The van der Waals surface area contributed by atoms with Gasteiger partial charge >= 0.3 is 0 Å². The van der Waals surface area contributed by atoms with Gasteiger partial charge in [0.1, 0.15) is 6.17 Å². The molecule has 0 radical (unpaired) electrons. The third-order valence-electron chi connectivity index (χ3n) is 5.15. The standard InChI is InChI=1S/C17H33FN2O/c1-16(2,3)19-10-7-15(13-19)21-11-8-17(4,5)20-9-6-14(18)12-20/h14-15H,6-13H2,1-5H3. The van der Waals surface area contributed by atoms with Crippen LogP contribution >= 0.6 is 0 Å². The molecule has 2 heterocycles. The number of ether oxygens (including phenoxy) is 1. The minimum Gasteiger partial charge on any atom is -0.377 e. The van der Waals surface area contributed by atoms with E-state index in [0.717, 1.165) is 39.1 Å². The molecule has 0 spiro atoms. The molecule has 0 bridgehead atoms. The van der Waals surface area contributed by atoms with E-state index in [9.17, 15) is 4.39 Å². The predicted octanol–water partition coefficient (Wildman–Crippen LogP) is 3.09. The van der Waals surface area contributed by atoms with Crippen molar-refractivity contribution in [2.24, 2.45) is 0 Å². The summed E-state index contributed by atoms with van der Waals surface area (Å²) in [5.74, 6) is 0.